The molecule has 8 nitrogen and oxygen atoms in total. The lowest BCUT2D eigenvalue weighted by Gasteiger charge is -2.08. The average molecular weight is 467 g/mol. The first kappa shape index (κ1) is 21.6. The van der Waals surface area contributed by atoms with Crippen molar-refractivity contribution >= 4 is 33.0 Å². The molecular weight excluding hydrogens is 448 g/mol. The van der Waals surface area contributed by atoms with Gasteiger partial charge in [0.25, 0.3) is 5.91 Å². The molecule has 2 aromatic heterocycles. The SMILES string of the molecule is O=C(Nc1cnc(-c2cccc(O)c2)nc1)c1ccc(S(=O)(=O)NCc2cccs2)cc1. The van der Waals surface area contributed by atoms with Crippen LogP contribution in [0.4, 0.5) is 5.69 Å². The lowest BCUT2D eigenvalue weighted by atomic mass is 10.2. The van der Waals surface area contributed by atoms with Crippen LogP contribution in [0.3, 0.4) is 0 Å². The molecule has 2 heterocycles. The van der Waals surface area contributed by atoms with E-state index in [4.69, 9.17) is 0 Å². The highest BCUT2D eigenvalue weighted by molar-refractivity contribution is 7.89. The zero-order valence-corrected chi connectivity index (χ0v) is 18.2. The van der Waals surface area contributed by atoms with Crippen molar-refractivity contribution in [1.29, 1.82) is 0 Å². The van der Waals surface area contributed by atoms with Gasteiger partial charge in [0, 0.05) is 22.5 Å². The number of carbonyl (C=O) groups excluding carboxylic acids is 1. The molecule has 0 unspecified atom stereocenters. The van der Waals surface area contributed by atoms with Crippen LogP contribution in [0.1, 0.15) is 15.2 Å². The summed E-state index contributed by atoms with van der Waals surface area (Å²) in [6.07, 6.45) is 2.91. The predicted octanol–water partition coefficient (Wildman–Crippen LogP) is 3.64. The number of thiophene rings is 1. The lowest BCUT2D eigenvalue weighted by molar-refractivity contribution is 0.102. The number of hydrogen-bond acceptors (Lipinski definition) is 7. The molecule has 0 radical (unpaired) electrons. The monoisotopic (exact) mass is 466 g/mol. The van der Waals surface area contributed by atoms with E-state index in [1.54, 1.807) is 24.3 Å². The molecule has 3 N–H and O–H groups in total. The Hall–Kier alpha value is -3.60. The summed E-state index contributed by atoms with van der Waals surface area (Å²) in [6, 6.07) is 15.9. The van der Waals surface area contributed by atoms with E-state index in [-0.39, 0.29) is 17.2 Å². The molecule has 0 aliphatic carbocycles. The normalized spacial score (nSPS) is 11.2. The molecule has 0 spiro atoms. The smallest absolute Gasteiger partial charge is 0.255 e. The number of carbonyl (C=O) groups is 1. The van der Waals surface area contributed by atoms with Crippen molar-refractivity contribution in [3.63, 3.8) is 0 Å². The summed E-state index contributed by atoms with van der Waals surface area (Å²) in [6.45, 7) is 0.209. The first-order chi connectivity index (χ1) is 15.4. The van der Waals surface area contributed by atoms with E-state index in [2.05, 4.69) is 20.0 Å². The van der Waals surface area contributed by atoms with Crippen LogP contribution in [0.5, 0.6) is 5.75 Å². The molecule has 0 aliphatic heterocycles. The van der Waals surface area contributed by atoms with Crippen LogP contribution < -0.4 is 10.0 Å². The highest BCUT2D eigenvalue weighted by atomic mass is 32.2. The van der Waals surface area contributed by atoms with Crippen LogP contribution in [0, 0.1) is 0 Å². The number of nitrogens with zero attached hydrogens (tertiary/aromatic N) is 2. The number of nitrogens with one attached hydrogen (secondary N) is 2. The topological polar surface area (TPSA) is 121 Å². The maximum atomic E-state index is 12.5. The van der Waals surface area contributed by atoms with Gasteiger partial charge in [-0.05, 0) is 47.8 Å². The number of rotatable bonds is 7. The molecule has 4 aromatic rings. The maximum absolute atomic E-state index is 12.5. The van der Waals surface area contributed by atoms with Gasteiger partial charge < -0.3 is 10.4 Å². The fraction of sp³-hybridized carbons (Fsp3) is 0.0455. The molecule has 162 valence electrons. The minimum atomic E-state index is -3.68. The predicted molar refractivity (Wildman–Crippen MR) is 122 cm³/mol. The van der Waals surface area contributed by atoms with E-state index in [1.165, 1.54) is 48.0 Å². The van der Waals surface area contributed by atoms with Crippen LogP contribution in [-0.2, 0) is 16.6 Å². The van der Waals surface area contributed by atoms with Crippen molar-refractivity contribution in [3.05, 3.63) is 88.9 Å². The Labute approximate surface area is 188 Å². The molecule has 32 heavy (non-hydrogen) atoms. The van der Waals surface area contributed by atoms with Gasteiger partial charge in [-0.1, -0.05) is 18.2 Å². The van der Waals surface area contributed by atoms with Crippen LogP contribution in [-0.4, -0.2) is 29.4 Å². The quantitative estimate of drug-likeness (QED) is 0.382. The Morgan fingerprint density at radius 2 is 1.75 bits per heavy atom. The third kappa shape index (κ3) is 5.17. The van der Waals surface area contributed by atoms with Crippen molar-refractivity contribution in [3.8, 4) is 17.1 Å². The number of aromatic nitrogens is 2. The van der Waals surface area contributed by atoms with Gasteiger partial charge in [-0.3, -0.25) is 4.79 Å². The molecule has 0 saturated heterocycles. The summed E-state index contributed by atoms with van der Waals surface area (Å²) in [5.41, 5.74) is 1.32. The molecular formula is C22H18N4O4S2. The Morgan fingerprint density at radius 3 is 2.41 bits per heavy atom. The molecule has 0 fully saturated rings. The molecule has 10 heteroatoms. The van der Waals surface area contributed by atoms with Crippen molar-refractivity contribution in [2.45, 2.75) is 11.4 Å². The van der Waals surface area contributed by atoms with E-state index < -0.39 is 15.9 Å². The van der Waals surface area contributed by atoms with Crippen molar-refractivity contribution < 1.29 is 18.3 Å². The molecule has 0 saturated carbocycles. The summed E-state index contributed by atoms with van der Waals surface area (Å²) in [5, 5.41) is 14.1. The number of phenolic OH excluding ortho intramolecular Hbond substituents is 1. The second kappa shape index (κ2) is 9.27. The van der Waals surface area contributed by atoms with Gasteiger partial charge in [0.15, 0.2) is 5.82 Å². The van der Waals surface area contributed by atoms with Gasteiger partial charge in [-0.2, -0.15) is 0 Å². The number of phenols is 1. The highest BCUT2D eigenvalue weighted by Crippen LogP contribution is 2.20. The summed E-state index contributed by atoms with van der Waals surface area (Å²) in [5.74, 6) is 0.0911. The summed E-state index contributed by atoms with van der Waals surface area (Å²) in [4.78, 5) is 21.9. The van der Waals surface area contributed by atoms with Gasteiger partial charge in [0.05, 0.1) is 23.0 Å². The van der Waals surface area contributed by atoms with Gasteiger partial charge in [-0.25, -0.2) is 23.1 Å². The molecule has 4 rings (SSSR count). The van der Waals surface area contributed by atoms with Crippen LogP contribution >= 0.6 is 11.3 Å². The number of amides is 1. The Kier molecular flexibility index (Phi) is 6.26. The first-order valence-electron chi connectivity index (χ1n) is 9.46. The third-order valence-corrected chi connectivity index (χ3v) is 6.75. The van der Waals surface area contributed by atoms with Crippen molar-refractivity contribution in [1.82, 2.24) is 14.7 Å². The van der Waals surface area contributed by atoms with Crippen LogP contribution in [0.2, 0.25) is 0 Å². The largest absolute Gasteiger partial charge is 0.508 e. The Balaban J connectivity index is 1.40. The average Bonchev–Trinajstić information content (AvgIpc) is 3.32. The van der Waals surface area contributed by atoms with E-state index in [0.717, 1.165) is 4.88 Å². The summed E-state index contributed by atoms with van der Waals surface area (Å²) in [7, 11) is -3.68. The van der Waals surface area contributed by atoms with Crippen LogP contribution in [0.15, 0.2) is 83.3 Å². The first-order valence-corrected chi connectivity index (χ1v) is 11.8. The van der Waals surface area contributed by atoms with E-state index in [9.17, 15) is 18.3 Å². The lowest BCUT2D eigenvalue weighted by Crippen LogP contribution is -2.23. The van der Waals surface area contributed by atoms with Crippen molar-refractivity contribution in [2.75, 3.05) is 5.32 Å². The third-order valence-electron chi connectivity index (χ3n) is 4.46. The van der Waals surface area contributed by atoms with Crippen molar-refractivity contribution in [2.24, 2.45) is 0 Å². The molecule has 2 aromatic carbocycles. The standard InChI is InChI=1S/C22H18N4O4S2/c27-18-4-1-3-16(11-18)21-23-12-17(13-24-21)26-22(28)15-6-8-20(9-7-15)32(29,30)25-14-19-5-2-10-31-19/h1-13,25,27H,14H2,(H,26,28). The van der Waals surface area contributed by atoms with E-state index in [0.29, 0.717) is 22.6 Å². The number of aromatic hydroxyl groups is 1. The van der Waals surface area contributed by atoms with Gasteiger partial charge in [0.1, 0.15) is 5.75 Å². The van der Waals surface area contributed by atoms with Crippen LogP contribution in [0.25, 0.3) is 11.4 Å². The Bertz CT molecular complexity index is 1320. The number of benzene rings is 2. The van der Waals surface area contributed by atoms with Gasteiger partial charge >= 0.3 is 0 Å². The zero-order valence-electron chi connectivity index (χ0n) is 16.6. The zero-order chi connectivity index (χ0) is 22.6. The molecule has 1 amide bonds. The minimum absolute atomic E-state index is 0.0735. The highest BCUT2D eigenvalue weighted by Gasteiger charge is 2.15. The van der Waals surface area contributed by atoms with Gasteiger partial charge in [0.2, 0.25) is 10.0 Å². The molecule has 0 atom stereocenters. The molecule has 0 aliphatic rings. The minimum Gasteiger partial charge on any atom is -0.508 e. The fourth-order valence-corrected chi connectivity index (χ4v) is 4.58. The van der Waals surface area contributed by atoms with E-state index in [1.807, 2.05) is 17.5 Å². The number of hydrogen-bond donors (Lipinski definition) is 3. The summed E-state index contributed by atoms with van der Waals surface area (Å²) < 4.78 is 27.4. The van der Waals surface area contributed by atoms with E-state index >= 15 is 0 Å². The second-order valence-electron chi connectivity index (χ2n) is 6.73. The number of sulfonamides is 1. The second-order valence-corrected chi connectivity index (χ2v) is 9.53. The maximum Gasteiger partial charge on any atom is 0.255 e. The Morgan fingerprint density at radius 1 is 1.00 bits per heavy atom. The fourth-order valence-electron chi connectivity index (χ4n) is 2.84. The number of anilines is 1. The van der Waals surface area contributed by atoms with Gasteiger partial charge in [-0.15, -0.1) is 11.3 Å². The summed E-state index contributed by atoms with van der Waals surface area (Å²) >= 11 is 1.46. The molecule has 0 bridgehead atoms.